The van der Waals surface area contributed by atoms with E-state index in [1.54, 1.807) is 6.92 Å². The van der Waals surface area contributed by atoms with E-state index in [1.165, 1.54) is 0 Å². The molecule has 0 atom stereocenters. The Morgan fingerprint density at radius 1 is 1.33 bits per heavy atom. The second kappa shape index (κ2) is 6.83. The van der Waals surface area contributed by atoms with Crippen LogP contribution in [-0.2, 0) is 14.3 Å². The predicted molar refractivity (Wildman–Crippen MR) is 45.5 cm³/mol. The summed E-state index contributed by atoms with van der Waals surface area (Å²) < 4.78 is 4.76. The standard InChI is InChI=1S/C9H15O3/c1-3-5-9(11)12-7-6-8(10)4-2/h1,3-7H2,2H3. The number of hydrogen-bond donors (Lipinski definition) is 0. The van der Waals surface area contributed by atoms with Gasteiger partial charge in [-0.1, -0.05) is 13.8 Å². The Morgan fingerprint density at radius 3 is 2.50 bits per heavy atom. The number of rotatable bonds is 6. The maximum absolute atomic E-state index is 10.7. The average molecular weight is 171 g/mol. The topological polar surface area (TPSA) is 43.4 Å². The SMILES string of the molecule is [CH2]CCC(=O)OCCC(=O)CC. The molecule has 0 aliphatic rings. The number of carbonyl (C=O) groups excluding carboxylic acids is 2. The second-order valence-corrected chi connectivity index (χ2v) is 2.47. The van der Waals surface area contributed by atoms with E-state index < -0.39 is 0 Å². The quantitative estimate of drug-likeness (QED) is 0.569. The Morgan fingerprint density at radius 2 is 2.00 bits per heavy atom. The molecule has 0 bridgehead atoms. The molecule has 0 amide bonds. The van der Waals surface area contributed by atoms with Crippen LogP contribution in [0.3, 0.4) is 0 Å². The van der Waals surface area contributed by atoms with Crippen molar-refractivity contribution < 1.29 is 14.3 Å². The molecule has 0 rings (SSSR count). The number of ketones is 1. The third kappa shape index (κ3) is 5.89. The van der Waals surface area contributed by atoms with E-state index in [9.17, 15) is 9.59 Å². The molecule has 0 unspecified atom stereocenters. The molecule has 0 saturated carbocycles. The molecule has 0 aromatic carbocycles. The molecule has 0 aliphatic carbocycles. The molecule has 0 fully saturated rings. The average Bonchev–Trinajstić information content (AvgIpc) is 2.04. The van der Waals surface area contributed by atoms with E-state index in [4.69, 9.17) is 4.74 Å². The van der Waals surface area contributed by atoms with Crippen molar-refractivity contribution in [2.75, 3.05) is 6.61 Å². The van der Waals surface area contributed by atoms with Crippen molar-refractivity contribution in [2.45, 2.75) is 32.6 Å². The summed E-state index contributed by atoms with van der Waals surface area (Å²) in [5.41, 5.74) is 0. The fourth-order valence-corrected chi connectivity index (χ4v) is 0.672. The molecule has 1 radical (unpaired) electrons. The highest BCUT2D eigenvalue weighted by molar-refractivity contribution is 5.78. The number of esters is 1. The van der Waals surface area contributed by atoms with Crippen LogP contribution in [0.1, 0.15) is 32.6 Å². The van der Waals surface area contributed by atoms with Crippen LogP contribution >= 0.6 is 0 Å². The summed E-state index contributed by atoms with van der Waals surface area (Å²) in [6, 6.07) is 0. The van der Waals surface area contributed by atoms with Gasteiger partial charge in [-0.25, -0.2) is 0 Å². The van der Waals surface area contributed by atoms with Gasteiger partial charge in [0.05, 0.1) is 6.61 Å². The minimum absolute atomic E-state index is 0.123. The fraction of sp³-hybridized carbons (Fsp3) is 0.667. The number of ether oxygens (including phenoxy) is 1. The van der Waals surface area contributed by atoms with Gasteiger partial charge in [-0.2, -0.15) is 0 Å². The molecule has 0 aromatic rings. The van der Waals surface area contributed by atoms with E-state index in [-0.39, 0.29) is 18.4 Å². The van der Waals surface area contributed by atoms with Gasteiger partial charge in [0.2, 0.25) is 0 Å². The normalized spacial score (nSPS) is 9.50. The van der Waals surface area contributed by atoms with E-state index in [1.807, 2.05) is 0 Å². The summed E-state index contributed by atoms with van der Waals surface area (Å²) in [7, 11) is 0. The van der Waals surface area contributed by atoms with Crippen molar-refractivity contribution in [2.24, 2.45) is 0 Å². The molecule has 0 spiro atoms. The molecule has 0 N–H and O–H groups in total. The van der Waals surface area contributed by atoms with Gasteiger partial charge in [0.15, 0.2) is 0 Å². The lowest BCUT2D eigenvalue weighted by Gasteiger charge is -2.01. The zero-order chi connectivity index (χ0) is 9.40. The summed E-state index contributed by atoms with van der Waals surface area (Å²) in [6.45, 7) is 5.52. The summed E-state index contributed by atoms with van der Waals surface area (Å²) in [5, 5.41) is 0. The molecule has 0 aliphatic heterocycles. The van der Waals surface area contributed by atoms with Crippen molar-refractivity contribution in [3.8, 4) is 0 Å². The largest absolute Gasteiger partial charge is 0.465 e. The minimum atomic E-state index is -0.270. The number of Topliss-reactive ketones (excluding diaryl/α,β-unsaturated/α-hetero) is 1. The van der Waals surface area contributed by atoms with Gasteiger partial charge in [0.25, 0.3) is 0 Å². The van der Waals surface area contributed by atoms with Crippen molar-refractivity contribution in [1.29, 1.82) is 0 Å². The van der Waals surface area contributed by atoms with Gasteiger partial charge in [0, 0.05) is 19.3 Å². The first-order chi connectivity index (χ1) is 5.70. The molecule has 0 aromatic heterocycles. The number of hydrogen-bond acceptors (Lipinski definition) is 3. The molecule has 3 nitrogen and oxygen atoms in total. The van der Waals surface area contributed by atoms with Gasteiger partial charge in [0.1, 0.15) is 5.78 Å². The lowest BCUT2D eigenvalue weighted by Crippen LogP contribution is -2.08. The van der Waals surface area contributed by atoms with Crippen LogP contribution in [0.15, 0.2) is 0 Å². The van der Waals surface area contributed by atoms with Gasteiger partial charge in [-0.3, -0.25) is 9.59 Å². The van der Waals surface area contributed by atoms with Crippen LogP contribution in [0.25, 0.3) is 0 Å². The molecule has 0 saturated heterocycles. The maximum Gasteiger partial charge on any atom is 0.305 e. The van der Waals surface area contributed by atoms with Crippen LogP contribution < -0.4 is 0 Å². The summed E-state index contributed by atoms with van der Waals surface area (Å²) >= 11 is 0. The van der Waals surface area contributed by atoms with E-state index in [0.717, 1.165) is 0 Å². The third-order valence-electron chi connectivity index (χ3n) is 1.42. The van der Waals surface area contributed by atoms with E-state index in [2.05, 4.69) is 6.92 Å². The first kappa shape index (κ1) is 11.1. The van der Waals surface area contributed by atoms with Crippen molar-refractivity contribution >= 4 is 11.8 Å². The highest BCUT2D eigenvalue weighted by atomic mass is 16.5. The first-order valence-electron chi connectivity index (χ1n) is 4.17. The van der Waals surface area contributed by atoms with Crippen LogP contribution in [0.5, 0.6) is 0 Å². The second-order valence-electron chi connectivity index (χ2n) is 2.47. The lowest BCUT2D eigenvalue weighted by molar-refractivity contribution is -0.144. The molecular weight excluding hydrogens is 156 g/mol. The fourth-order valence-electron chi connectivity index (χ4n) is 0.672. The Hall–Kier alpha value is -0.860. The van der Waals surface area contributed by atoms with Crippen LogP contribution in [-0.4, -0.2) is 18.4 Å². The maximum atomic E-state index is 10.7. The zero-order valence-electron chi connectivity index (χ0n) is 7.47. The lowest BCUT2D eigenvalue weighted by atomic mass is 10.2. The van der Waals surface area contributed by atoms with Gasteiger partial charge in [-0.05, 0) is 6.42 Å². The minimum Gasteiger partial charge on any atom is -0.465 e. The van der Waals surface area contributed by atoms with Gasteiger partial charge < -0.3 is 4.74 Å². The van der Waals surface area contributed by atoms with Crippen LogP contribution in [0.2, 0.25) is 0 Å². The van der Waals surface area contributed by atoms with E-state index >= 15 is 0 Å². The Balaban J connectivity index is 3.30. The van der Waals surface area contributed by atoms with Crippen molar-refractivity contribution in [3.63, 3.8) is 0 Å². The Labute approximate surface area is 73.1 Å². The van der Waals surface area contributed by atoms with E-state index in [0.29, 0.717) is 25.7 Å². The zero-order valence-corrected chi connectivity index (χ0v) is 7.47. The molecule has 0 heterocycles. The Bertz CT molecular complexity index is 152. The number of carbonyl (C=O) groups is 2. The third-order valence-corrected chi connectivity index (χ3v) is 1.42. The Kier molecular flexibility index (Phi) is 6.34. The van der Waals surface area contributed by atoms with Crippen LogP contribution in [0.4, 0.5) is 0 Å². The predicted octanol–water partition coefficient (Wildman–Crippen LogP) is 1.51. The monoisotopic (exact) mass is 171 g/mol. The molecule has 3 heteroatoms. The summed E-state index contributed by atoms with van der Waals surface area (Å²) in [5.74, 6) is -0.147. The first-order valence-corrected chi connectivity index (χ1v) is 4.17. The smallest absolute Gasteiger partial charge is 0.305 e. The summed E-state index contributed by atoms with van der Waals surface area (Å²) in [4.78, 5) is 21.5. The molecule has 12 heavy (non-hydrogen) atoms. The highest BCUT2D eigenvalue weighted by Gasteiger charge is 2.02. The highest BCUT2D eigenvalue weighted by Crippen LogP contribution is 1.94. The van der Waals surface area contributed by atoms with Crippen molar-refractivity contribution in [1.82, 2.24) is 0 Å². The molecular formula is C9H15O3. The van der Waals surface area contributed by atoms with Gasteiger partial charge in [-0.15, -0.1) is 0 Å². The summed E-state index contributed by atoms with van der Waals surface area (Å²) in [6.07, 6.45) is 1.72. The van der Waals surface area contributed by atoms with Crippen molar-refractivity contribution in [3.05, 3.63) is 6.92 Å². The molecule has 69 valence electrons. The van der Waals surface area contributed by atoms with Gasteiger partial charge >= 0.3 is 5.97 Å². The van der Waals surface area contributed by atoms with Crippen LogP contribution in [0, 0.1) is 6.92 Å².